The number of carbonyl (C=O) groups excluding carboxylic acids is 1. The molecule has 184 valence electrons. The zero-order chi connectivity index (χ0) is 23.6. The van der Waals surface area contributed by atoms with Crippen molar-refractivity contribution in [1.82, 2.24) is 0 Å². The summed E-state index contributed by atoms with van der Waals surface area (Å²) < 4.78 is 57.6. The fourth-order valence-corrected chi connectivity index (χ4v) is 7.06. The van der Waals surface area contributed by atoms with E-state index in [1.165, 1.54) is 44.9 Å². The second-order valence-electron chi connectivity index (χ2n) is 10.7. The molecule has 6 heteroatoms. The molecule has 0 radical (unpaired) electrons. The third-order valence-corrected chi connectivity index (χ3v) is 8.71. The van der Waals surface area contributed by atoms with Crippen LogP contribution in [0.1, 0.15) is 89.5 Å². The van der Waals surface area contributed by atoms with E-state index in [0.717, 1.165) is 55.9 Å². The smallest absolute Gasteiger partial charge is 0.419 e. The Hall–Kier alpha value is -1.59. The van der Waals surface area contributed by atoms with Gasteiger partial charge in [0.15, 0.2) is 0 Å². The van der Waals surface area contributed by atoms with Crippen LogP contribution < -0.4 is 4.74 Å². The van der Waals surface area contributed by atoms with Gasteiger partial charge in [-0.15, -0.1) is 0 Å². The molecule has 0 heterocycles. The van der Waals surface area contributed by atoms with Crippen molar-refractivity contribution in [2.24, 2.45) is 35.5 Å². The lowest BCUT2D eigenvalue weighted by Crippen LogP contribution is -2.40. The largest absolute Gasteiger partial charge is 0.426 e. The number of ether oxygens (including phenoxy) is 1. The lowest BCUT2D eigenvalue weighted by Gasteiger charge is -2.46. The molecule has 4 unspecified atom stereocenters. The van der Waals surface area contributed by atoms with Crippen LogP contribution in [0.25, 0.3) is 0 Å². The summed E-state index contributed by atoms with van der Waals surface area (Å²) in [5.41, 5.74) is -1.35. The Kier molecular flexibility index (Phi) is 7.69. The minimum Gasteiger partial charge on any atom is -0.426 e. The van der Waals surface area contributed by atoms with Crippen LogP contribution in [0.3, 0.4) is 0 Å². The lowest BCUT2D eigenvalue weighted by molar-refractivity contribution is -0.144. The van der Waals surface area contributed by atoms with Crippen molar-refractivity contribution in [1.29, 1.82) is 0 Å². The van der Waals surface area contributed by atoms with E-state index in [-0.39, 0.29) is 17.6 Å². The Morgan fingerprint density at radius 1 is 0.970 bits per heavy atom. The van der Waals surface area contributed by atoms with Crippen LogP contribution >= 0.6 is 0 Å². The molecule has 3 fully saturated rings. The van der Waals surface area contributed by atoms with Gasteiger partial charge in [0.25, 0.3) is 0 Å². The quantitative estimate of drug-likeness (QED) is 0.247. The molecule has 2 nitrogen and oxygen atoms in total. The van der Waals surface area contributed by atoms with Crippen molar-refractivity contribution in [2.45, 2.75) is 90.1 Å². The fraction of sp³-hybridized carbons (Fsp3) is 0.741. The van der Waals surface area contributed by atoms with Gasteiger partial charge in [0, 0.05) is 6.07 Å². The molecule has 0 aromatic heterocycles. The molecule has 1 aromatic rings. The van der Waals surface area contributed by atoms with E-state index in [4.69, 9.17) is 4.74 Å². The number of fused-ring (bicyclic) bond motifs is 1. The van der Waals surface area contributed by atoms with E-state index in [2.05, 4.69) is 6.92 Å². The van der Waals surface area contributed by atoms with E-state index in [1.807, 2.05) is 0 Å². The fourth-order valence-electron chi connectivity index (χ4n) is 7.06. The molecule has 4 rings (SSSR count). The van der Waals surface area contributed by atoms with Crippen LogP contribution in [0.5, 0.6) is 5.75 Å². The van der Waals surface area contributed by atoms with Gasteiger partial charge in [-0.3, -0.25) is 4.79 Å². The number of carbonyl (C=O) groups is 1. The average molecular weight is 469 g/mol. The zero-order valence-electron chi connectivity index (χ0n) is 19.5. The molecular formula is C27H36F4O2. The van der Waals surface area contributed by atoms with Crippen LogP contribution in [0, 0.1) is 41.3 Å². The van der Waals surface area contributed by atoms with Crippen molar-refractivity contribution in [3.63, 3.8) is 0 Å². The molecule has 0 bridgehead atoms. The number of alkyl halides is 3. The lowest BCUT2D eigenvalue weighted by atomic mass is 9.59. The van der Waals surface area contributed by atoms with Gasteiger partial charge in [0.1, 0.15) is 11.6 Å². The first-order chi connectivity index (χ1) is 15.8. The molecular weight excluding hydrogens is 432 g/mol. The minimum atomic E-state index is -4.77. The third-order valence-electron chi connectivity index (χ3n) is 8.71. The van der Waals surface area contributed by atoms with Gasteiger partial charge in [-0.1, -0.05) is 45.4 Å². The summed E-state index contributed by atoms with van der Waals surface area (Å²) in [6, 6.07) is 2.35. The average Bonchev–Trinajstić information content (AvgIpc) is 2.78. The summed E-state index contributed by atoms with van der Waals surface area (Å²) in [6.45, 7) is 2.27. The van der Waals surface area contributed by atoms with Crippen molar-refractivity contribution < 1.29 is 27.1 Å². The maximum absolute atomic E-state index is 13.9. The summed E-state index contributed by atoms with van der Waals surface area (Å²) in [7, 11) is 0. The number of benzene rings is 1. The van der Waals surface area contributed by atoms with Crippen LogP contribution in [-0.2, 0) is 11.0 Å². The van der Waals surface area contributed by atoms with Crippen LogP contribution in [0.15, 0.2) is 18.2 Å². The Morgan fingerprint density at radius 2 is 1.70 bits per heavy atom. The monoisotopic (exact) mass is 468 g/mol. The molecule has 4 atom stereocenters. The van der Waals surface area contributed by atoms with Crippen LogP contribution in [-0.4, -0.2) is 5.97 Å². The highest BCUT2D eigenvalue weighted by molar-refractivity contribution is 5.75. The molecule has 0 spiro atoms. The van der Waals surface area contributed by atoms with Gasteiger partial charge < -0.3 is 4.74 Å². The van der Waals surface area contributed by atoms with Crippen molar-refractivity contribution in [3.8, 4) is 5.75 Å². The Labute approximate surface area is 194 Å². The van der Waals surface area contributed by atoms with E-state index in [0.29, 0.717) is 18.1 Å². The van der Waals surface area contributed by atoms with Gasteiger partial charge in [-0.05, 0) is 80.2 Å². The van der Waals surface area contributed by atoms with Gasteiger partial charge >= 0.3 is 12.1 Å². The number of rotatable bonds is 5. The maximum atomic E-state index is 13.9. The summed E-state index contributed by atoms with van der Waals surface area (Å²) in [6.07, 6.45) is 9.50. The first-order valence-corrected chi connectivity index (χ1v) is 12.8. The summed E-state index contributed by atoms with van der Waals surface area (Å²) in [4.78, 5) is 12.9. The first-order valence-electron chi connectivity index (χ1n) is 12.8. The molecule has 0 aliphatic heterocycles. The van der Waals surface area contributed by atoms with E-state index in [1.54, 1.807) is 0 Å². The summed E-state index contributed by atoms with van der Waals surface area (Å²) >= 11 is 0. The number of esters is 1. The van der Waals surface area contributed by atoms with E-state index in [9.17, 15) is 22.4 Å². The van der Waals surface area contributed by atoms with E-state index >= 15 is 0 Å². The molecule has 3 aliphatic carbocycles. The van der Waals surface area contributed by atoms with Crippen molar-refractivity contribution in [3.05, 3.63) is 29.6 Å². The second kappa shape index (κ2) is 10.4. The standard InChI is InChI=1S/C27H36F4O2/c1-2-4-17-7-9-18(10-8-17)19-11-13-22-20(15-19)5-3-6-23(22)26(32)33-21-12-14-24(25(28)16-21)27(29,30)31/h12,14,16-20,22-23H,2-11,13,15H2,1H3. The molecule has 3 aliphatic rings. The Morgan fingerprint density at radius 3 is 2.36 bits per heavy atom. The minimum absolute atomic E-state index is 0.148. The molecule has 0 saturated heterocycles. The number of hydrogen-bond acceptors (Lipinski definition) is 2. The molecule has 0 N–H and O–H groups in total. The van der Waals surface area contributed by atoms with Crippen LogP contribution in [0.2, 0.25) is 0 Å². The Bertz CT molecular complexity index is 813. The molecule has 1 aromatic carbocycles. The Balaban J connectivity index is 1.34. The summed E-state index contributed by atoms with van der Waals surface area (Å²) in [5, 5.41) is 0. The highest BCUT2D eigenvalue weighted by Gasteiger charge is 2.43. The van der Waals surface area contributed by atoms with Gasteiger partial charge in [-0.2, -0.15) is 13.2 Å². The van der Waals surface area contributed by atoms with Crippen molar-refractivity contribution in [2.75, 3.05) is 0 Å². The molecule has 3 saturated carbocycles. The number of halogens is 4. The highest BCUT2D eigenvalue weighted by Crippen LogP contribution is 2.50. The SMILES string of the molecule is CCCC1CCC(C2CCC3C(CCCC3C(=O)Oc3ccc(C(F)(F)F)c(F)c3)C2)CC1. The van der Waals surface area contributed by atoms with E-state index < -0.39 is 23.5 Å². The predicted molar refractivity (Wildman–Crippen MR) is 119 cm³/mol. The van der Waals surface area contributed by atoms with Gasteiger partial charge in [-0.25, -0.2) is 4.39 Å². The van der Waals surface area contributed by atoms with Crippen LogP contribution in [0.4, 0.5) is 17.6 Å². The molecule has 0 amide bonds. The van der Waals surface area contributed by atoms with Gasteiger partial charge in [0.05, 0.1) is 11.5 Å². The molecule has 33 heavy (non-hydrogen) atoms. The topological polar surface area (TPSA) is 26.3 Å². The van der Waals surface area contributed by atoms with Gasteiger partial charge in [0.2, 0.25) is 0 Å². The van der Waals surface area contributed by atoms with Crippen molar-refractivity contribution >= 4 is 5.97 Å². The second-order valence-corrected chi connectivity index (χ2v) is 10.7. The normalized spacial score (nSPS) is 32.8. The number of hydrogen-bond donors (Lipinski definition) is 0. The first kappa shape index (κ1) is 24.5. The maximum Gasteiger partial charge on any atom is 0.419 e. The summed E-state index contributed by atoms with van der Waals surface area (Å²) in [5.74, 6) is 1.07. The third kappa shape index (κ3) is 5.74. The zero-order valence-corrected chi connectivity index (χ0v) is 19.5. The highest BCUT2D eigenvalue weighted by atomic mass is 19.4. The predicted octanol–water partition coefficient (Wildman–Crippen LogP) is 8.19.